The van der Waals surface area contributed by atoms with Gasteiger partial charge in [0.25, 0.3) is 0 Å². The molecular weight excluding hydrogens is 605 g/mol. The molecule has 0 atom stereocenters. The molecule has 0 heterocycles. The van der Waals surface area contributed by atoms with E-state index < -0.39 is 59.9 Å². The number of alkyl halides is 15. The maximum absolute atomic E-state index is 14.0. The summed E-state index contributed by atoms with van der Waals surface area (Å²) in [5.74, 6) is -49.6. The first-order valence-corrected chi connectivity index (χ1v) is 10.8. The van der Waals surface area contributed by atoms with Crippen LogP contribution >= 0.6 is 0 Å². The van der Waals surface area contributed by atoms with Gasteiger partial charge in [0.1, 0.15) is 0 Å². The molecule has 0 radical (unpaired) electrons. The highest BCUT2D eigenvalue weighted by atomic mass is 19.4. The van der Waals surface area contributed by atoms with Crippen LogP contribution in [0, 0.1) is 0 Å². The van der Waals surface area contributed by atoms with Crippen LogP contribution in [0.5, 0.6) is 0 Å². The Bertz CT molecular complexity index is 1360. The first kappa shape index (κ1) is 32.1. The molecule has 1 aliphatic rings. The van der Waals surface area contributed by atoms with Crippen LogP contribution in [0.3, 0.4) is 0 Å². The van der Waals surface area contributed by atoms with Gasteiger partial charge in [0.05, 0.1) is 5.57 Å². The standard InChI is InChI=1S/C24H13F15O2/c1-11(13-7-4-8-15-14-6-3-2-5-12(14)9-16(13)15)17(40)41-10-18(25,26)19(27,28)20(29,30)21(31,32)22(33,34)23(35,36)24(37,38)39/h2-8H,1,9-10H2. The Morgan fingerprint density at radius 1 is 0.659 bits per heavy atom. The summed E-state index contributed by atoms with van der Waals surface area (Å²) in [7, 11) is 0. The van der Waals surface area contributed by atoms with E-state index in [1.807, 2.05) is 0 Å². The average molecular weight is 618 g/mol. The van der Waals surface area contributed by atoms with Crippen LogP contribution in [0.25, 0.3) is 16.7 Å². The topological polar surface area (TPSA) is 26.3 Å². The van der Waals surface area contributed by atoms with Gasteiger partial charge < -0.3 is 4.74 Å². The van der Waals surface area contributed by atoms with Gasteiger partial charge in [-0.2, -0.15) is 65.9 Å². The first-order chi connectivity index (χ1) is 18.4. The minimum atomic E-state index is -8.42. The Morgan fingerprint density at radius 2 is 1.15 bits per heavy atom. The largest absolute Gasteiger partial charge is 0.460 e. The highest BCUT2D eigenvalue weighted by Crippen LogP contribution is 2.62. The zero-order valence-corrected chi connectivity index (χ0v) is 19.6. The predicted molar refractivity (Wildman–Crippen MR) is 110 cm³/mol. The molecule has 0 unspecified atom stereocenters. The van der Waals surface area contributed by atoms with Crippen molar-refractivity contribution in [2.75, 3.05) is 6.61 Å². The predicted octanol–water partition coefficient (Wildman–Crippen LogP) is 8.19. The molecule has 41 heavy (non-hydrogen) atoms. The average Bonchev–Trinajstić information content (AvgIpc) is 3.24. The molecule has 2 nitrogen and oxygen atoms in total. The molecule has 0 amide bonds. The summed E-state index contributed by atoms with van der Waals surface area (Å²) in [6.45, 7) is 0.0120. The second-order valence-electron chi connectivity index (χ2n) is 8.79. The van der Waals surface area contributed by atoms with Crippen LogP contribution in [0.4, 0.5) is 65.9 Å². The third-order valence-corrected chi connectivity index (χ3v) is 6.20. The molecule has 0 aliphatic heterocycles. The van der Waals surface area contributed by atoms with E-state index in [1.54, 1.807) is 30.3 Å². The molecule has 1 aliphatic carbocycles. The number of hydrogen-bond acceptors (Lipinski definition) is 2. The first-order valence-electron chi connectivity index (χ1n) is 10.8. The van der Waals surface area contributed by atoms with Crippen molar-refractivity contribution in [2.45, 2.75) is 48.1 Å². The van der Waals surface area contributed by atoms with Crippen LogP contribution in [-0.4, -0.2) is 54.3 Å². The minimum absolute atomic E-state index is 0.0929. The van der Waals surface area contributed by atoms with Gasteiger partial charge in [0.15, 0.2) is 6.61 Å². The second kappa shape index (κ2) is 9.58. The van der Waals surface area contributed by atoms with Gasteiger partial charge in [-0.1, -0.05) is 49.0 Å². The van der Waals surface area contributed by atoms with Crippen LogP contribution in [0.15, 0.2) is 49.0 Å². The van der Waals surface area contributed by atoms with Crippen molar-refractivity contribution in [3.8, 4) is 11.1 Å². The highest BCUT2D eigenvalue weighted by Gasteiger charge is 2.93. The third kappa shape index (κ3) is 4.60. The number of rotatable bonds is 9. The Labute approximate surface area is 219 Å². The lowest BCUT2D eigenvalue weighted by Crippen LogP contribution is -2.73. The van der Waals surface area contributed by atoms with Crippen molar-refractivity contribution >= 4 is 11.5 Å². The number of halogens is 15. The van der Waals surface area contributed by atoms with Crippen molar-refractivity contribution in [1.82, 2.24) is 0 Å². The Morgan fingerprint density at radius 3 is 1.71 bits per heavy atom. The molecular formula is C24H13F15O2. The lowest BCUT2D eigenvalue weighted by atomic mass is 9.91. The lowest BCUT2D eigenvalue weighted by molar-refractivity contribution is -0.453. The maximum atomic E-state index is 14.0. The summed E-state index contributed by atoms with van der Waals surface area (Å²) >= 11 is 0. The fraction of sp³-hybridized carbons (Fsp3) is 0.375. The SMILES string of the molecule is C=C(C(=O)OCC(F)(F)C(F)(F)C(F)(F)C(F)(F)C(F)(F)C(F)(F)C(F)(F)F)c1cccc2c1Cc1ccccc1-2. The number of carbonyl (C=O) groups excluding carboxylic acids is 1. The van der Waals surface area contributed by atoms with Crippen molar-refractivity contribution in [3.05, 3.63) is 65.7 Å². The molecule has 17 heteroatoms. The van der Waals surface area contributed by atoms with E-state index in [-0.39, 0.29) is 12.0 Å². The van der Waals surface area contributed by atoms with Crippen molar-refractivity contribution in [1.29, 1.82) is 0 Å². The summed E-state index contributed by atoms with van der Waals surface area (Å²) in [4.78, 5) is 12.3. The molecule has 0 N–H and O–H groups in total. The van der Waals surface area contributed by atoms with E-state index in [0.29, 0.717) is 16.7 Å². The van der Waals surface area contributed by atoms with Crippen LogP contribution in [0.1, 0.15) is 16.7 Å². The maximum Gasteiger partial charge on any atom is 0.460 e. The van der Waals surface area contributed by atoms with Crippen molar-refractivity contribution < 1.29 is 75.4 Å². The Kier molecular flexibility index (Phi) is 7.50. The number of carbonyl (C=O) groups is 1. The molecule has 0 bridgehead atoms. The van der Waals surface area contributed by atoms with Gasteiger partial charge in [0, 0.05) is 0 Å². The van der Waals surface area contributed by atoms with Gasteiger partial charge in [-0.3, -0.25) is 0 Å². The van der Waals surface area contributed by atoms with E-state index in [9.17, 15) is 70.7 Å². The number of benzene rings is 2. The van der Waals surface area contributed by atoms with Gasteiger partial charge in [-0.25, -0.2) is 4.79 Å². The van der Waals surface area contributed by atoms with Gasteiger partial charge >= 0.3 is 47.7 Å². The fourth-order valence-corrected chi connectivity index (χ4v) is 3.88. The smallest absolute Gasteiger partial charge is 0.455 e. The Hall–Kier alpha value is -3.40. The van der Waals surface area contributed by atoms with Crippen molar-refractivity contribution in [2.24, 2.45) is 0 Å². The molecule has 2 aromatic carbocycles. The van der Waals surface area contributed by atoms with Gasteiger partial charge in [-0.05, 0) is 34.2 Å². The van der Waals surface area contributed by atoms with E-state index in [4.69, 9.17) is 0 Å². The highest BCUT2D eigenvalue weighted by molar-refractivity contribution is 6.16. The second-order valence-corrected chi connectivity index (χ2v) is 8.79. The van der Waals surface area contributed by atoms with Crippen LogP contribution in [0.2, 0.25) is 0 Å². The lowest BCUT2D eigenvalue weighted by Gasteiger charge is -2.41. The van der Waals surface area contributed by atoms with E-state index in [1.165, 1.54) is 12.1 Å². The molecule has 0 spiro atoms. The van der Waals surface area contributed by atoms with Gasteiger partial charge in [-0.15, -0.1) is 0 Å². The molecule has 0 saturated heterocycles. The van der Waals surface area contributed by atoms with E-state index >= 15 is 0 Å². The summed E-state index contributed by atoms with van der Waals surface area (Å²) < 4.78 is 204. The number of ether oxygens (including phenoxy) is 1. The summed E-state index contributed by atoms with van der Waals surface area (Å²) in [6, 6.07) is 10.8. The number of esters is 1. The molecule has 2 aromatic rings. The molecule has 3 rings (SSSR count). The van der Waals surface area contributed by atoms with Crippen LogP contribution in [-0.2, 0) is 16.0 Å². The molecule has 0 saturated carbocycles. The fourth-order valence-electron chi connectivity index (χ4n) is 3.88. The Balaban J connectivity index is 1.85. The molecule has 0 aromatic heterocycles. The summed E-state index contributed by atoms with van der Waals surface area (Å²) in [5, 5.41) is 0. The normalized spacial score (nSPS) is 14.9. The number of fused-ring (bicyclic) bond motifs is 3. The quantitative estimate of drug-likeness (QED) is 0.137. The summed E-state index contributed by atoms with van der Waals surface area (Å²) in [6.07, 6.45) is -7.54. The summed E-state index contributed by atoms with van der Waals surface area (Å²) in [5.41, 5.74) is 1.41. The molecule has 226 valence electrons. The van der Waals surface area contributed by atoms with Crippen LogP contribution < -0.4 is 0 Å². The zero-order valence-electron chi connectivity index (χ0n) is 19.6. The third-order valence-electron chi connectivity index (χ3n) is 6.20. The monoisotopic (exact) mass is 618 g/mol. The number of hydrogen-bond donors (Lipinski definition) is 0. The van der Waals surface area contributed by atoms with Gasteiger partial charge in [0.2, 0.25) is 0 Å². The zero-order chi connectivity index (χ0) is 31.6. The minimum Gasteiger partial charge on any atom is -0.455 e. The van der Waals surface area contributed by atoms with E-state index in [0.717, 1.165) is 5.56 Å². The molecule has 0 fully saturated rings. The van der Waals surface area contributed by atoms with Crippen molar-refractivity contribution in [3.63, 3.8) is 0 Å². The van der Waals surface area contributed by atoms with E-state index in [2.05, 4.69) is 11.3 Å².